The average molecular weight is 258 g/mol. The number of amides is 1. The Bertz CT molecular complexity index is 469. The van der Waals surface area contributed by atoms with Crippen LogP contribution in [0, 0.1) is 17.8 Å². The lowest BCUT2D eigenvalue weighted by molar-refractivity contribution is 0.0952. The summed E-state index contributed by atoms with van der Waals surface area (Å²) in [4.78, 5) is 11.9. The van der Waals surface area contributed by atoms with Crippen molar-refractivity contribution >= 4 is 5.91 Å². The second-order valence-corrected chi connectivity index (χ2v) is 4.88. The summed E-state index contributed by atoms with van der Waals surface area (Å²) in [5.41, 5.74) is 6.79. The number of rotatable bonds is 5. The van der Waals surface area contributed by atoms with Crippen LogP contribution in [0.25, 0.3) is 0 Å². The maximum Gasteiger partial charge on any atom is 0.251 e. The Hall–Kier alpha value is -1.79. The molecular weight excluding hydrogens is 236 g/mol. The molecule has 0 spiro atoms. The third-order valence-electron chi connectivity index (χ3n) is 2.70. The van der Waals surface area contributed by atoms with Crippen LogP contribution in [0.1, 0.15) is 42.6 Å². The van der Waals surface area contributed by atoms with Crippen LogP contribution in [0.2, 0.25) is 0 Å². The highest BCUT2D eigenvalue weighted by Gasteiger charge is 2.05. The van der Waals surface area contributed by atoms with Gasteiger partial charge in [-0.2, -0.15) is 0 Å². The minimum atomic E-state index is -0.0415. The normalized spacial score (nSPS) is 9.89. The van der Waals surface area contributed by atoms with E-state index in [2.05, 4.69) is 31.0 Å². The van der Waals surface area contributed by atoms with Crippen molar-refractivity contribution in [3.63, 3.8) is 0 Å². The van der Waals surface area contributed by atoms with Gasteiger partial charge in [-0.25, -0.2) is 0 Å². The van der Waals surface area contributed by atoms with E-state index in [4.69, 9.17) is 5.73 Å². The van der Waals surface area contributed by atoms with Gasteiger partial charge >= 0.3 is 0 Å². The van der Waals surface area contributed by atoms with Crippen LogP contribution >= 0.6 is 0 Å². The SMILES string of the molecule is CC(C)CCCNC(=O)c1cccc(C#CCN)c1. The molecule has 0 fully saturated rings. The van der Waals surface area contributed by atoms with E-state index >= 15 is 0 Å². The summed E-state index contributed by atoms with van der Waals surface area (Å²) in [6, 6.07) is 7.30. The van der Waals surface area contributed by atoms with E-state index in [-0.39, 0.29) is 5.91 Å². The highest BCUT2D eigenvalue weighted by atomic mass is 16.1. The summed E-state index contributed by atoms with van der Waals surface area (Å²) in [7, 11) is 0. The lowest BCUT2D eigenvalue weighted by atomic mass is 10.1. The second kappa shape index (κ2) is 8.34. The van der Waals surface area contributed by atoms with Gasteiger partial charge in [0, 0.05) is 17.7 Å². The van der Waals surface area contributed by atoms with Crippen LogP contribution in [0.5, 0.6) is 0 Å². The Balaban J connectivity index is 2.52. The molecule has 0 saturated heterocycles. The second-order valence-electron chi connectivity index (χ2n) is 4.88. The molecule has 0 atom stereocenters. The molecule has 1 amide bonds. The number of benzene rings is 1. The molecule has 0 aliphatic heterocycles. The number of hydrogen-bond donors (Lipinski definition) is 2. The van der Waals surface area contributed by atoms with Gasteiger partial charge in [0.1, 0.15) is 0 Å². The summed E-state index contributed by atoms with van der Waals surface area (Å²) in [6.45, 7) is 5.41. The van der Waals surface area contributed by atoms with Gasteiger partial charge in [0.05, 0.1) is 6.54 Å². The number of nitrogens with two attached hydrogens (primary N) is 1. The molecule has 1 aromatic carbocycles. The van der Waals surface area contributed by atoms with Crippen LogP contribution in [0.3, 0.4) is 0 Å². The molecule has 3 heteroatoms. The predicted octanol–water partition coefficient (Wildman–Crippen LogP) is 2.16. The lowest BCUT2D eigenvalue weighted by Crippen LogP contribution is -2.24. The zero-order valence-electron chi connectivity index (χ0n) is 11.7. The smallest absolute Gasteiger partial charge is 0.251 e. The average Bonchev–Trinajstić information content (AvgIpc) is 2.41. The lowest BCUT2D eigenvalue weighted by Gasteiger charge is -2.07. The fourth-order valence-corrected chi connectivity index (χ4v) is 1.71. The third kappa shape index (κ3) is 6.08. The topological polar surface area (TPSA) is 55.1 Å². The zero-order chi connectivity index (χ0) is 14.1. The molecule has 0 heterocycles. The van der Waals surface area contributed by atoms with Gasteiger partial charge in [0.2, 0.25) is 0 Å². The maximum atomic E-state index is 11.9. The number of carbonyl (C=O) groups is 1. The maximum absolute atomic E-state index is 11.9. The Kier molecular flexibility index (Phi) is 6.70. The van der Waals surface area contributed by atoms with Crippen molar-refractivity contribution in [2.24, 2.45) is 11.7 Å². The van der Waals surface area contributed by atoms with E-state index < -0.39 is 0 Å². The van der Waals surface area contributed by atoms with Crippen LogP contribution in [-0.4, -0.2) is 19.0 Å². The van der Waals surface area contributed by atoms with E-state index in [0.717, 1.165) is 24.9 Å². The summed E-state index contributed by atoms with van der Waals surface area (Å²) < 4.78 is 0. The number of carbonyl (C=O) groups excluding carboxylic acids is 1. The summed E-state index contributed by atoms with van der Waals surface area (Å²) in [5.74, 6) is 6.34. The van der Waals surface area contributed by atoms with Gasteiger partial charge in [-0.3, -0.25) is 4.79 Å². The quantitative estimate of drug-likeness (QED) is 0.628. The van der Waals surface area contributed by atoms with E-state index in [0.29, 0.717) is 18.0 Å². The minimum Gasteiger partial charge on any atom is -0.352 e. The summed E-state index contributed by atoms with van der Waals surface area (Å²) in [6.07, 6.45) is 2.14. The van der Waals surface area contributed by atoms with Gasteiger partial charge in [-0.1, -0.05) is 31.8 Å². The molecule has 0 aliphatic carbocycles. The zero-order valence-corrected chi connectivity index (χ0v) is 11.7. The third-order valence-corrected chi connectivity index (χ3v) is 2.70. The molecule has 3 nitrogen and oxygen atoms in total. The largest absolute Gasteiger partial charge is 0.352 e. The van der Waals surface area contributed by atoms with Crippen molar-refractivity contribution in [2.75, 3.05) is 13.1 Å². The highest BCUT2D eigenvalue weighted by molar-refractivity contribution is 5.94. The van der Waals surface area contributed by atoms with Gasteiger partial charge in [0.15, 0.2) is 0 Å². The van der Waals surface area contributed by atoms with Gasteiger partial charge in [-0.15, -0.1) is 0 Å². The molecular formula is C16H22N2O. The molecule has 0 aromatic heterocycles. The van der Waals surface area contributed by atoms with Crippen molar-refractivity contribution in [3.05, 3.63) is 35.4 Å². The fraction of sp³-hybridized carbons (Fsp3) is 0.438. The Morgan fingerprint density at radius 2 is 2.21 bits per heavy atom. The Morgan fingerprint density at radius 3 is 2.89 bits per heavy atom. The van der Waals surface area contributed by atoms with Crippen LogP contribution in [-0.2, 0) is 0 Å². The molecule has 0 unspecified atom stereocenters. The van der Waals surface area contributed by atoms with Crippen molar-refractivity contribution in [1.29, 1.82) is 0 Å². The Morgan fingerprint density at radius 1 is 1.42 bits per heavy atom. The Labute approximate surface area is 115 Å². The summed E-state index contributed by atoms with van der Waals surface area (Å²) in [5, 5.41) is 2.93. The monoisotopic (exact) mass is 258 g/mol. The molecule has 0 aliphatic rings. The van der Waals surface area contributed by atoms with E-state index in [1.54, 1.807) is 12.1 Å². The fourth-order valence-electron chi connectivity index (χ4n) is 1.71. The molecule has 0 saturated carbocycles. The molecule has 0 radical (unpaired) electrons. The molecule has 0 bridgehead atoms. The number of nitrogens with one attached hydrogen (secondary N) is 1. The standard InChI is InChI=1S/C16H22N2O/c1-13(2)6-5-11-18-16(19)15-9-3-7-14(12-15)8-4-10-17/h3,7,9,12-13H,5-6,10-11,17H2,1-2H3,(H,18,19). The van der Waals surface area contributed by atoms with Crippen LogP contribution in [0.15, 0.2) is 24.3 Å². The molecule has 1 rings (SSSR count). The van der Waals surface area contributed by atoms with Gasteiger partial charge in [0.25, 0.3) is 5.91 Å². The first-order chi connectivity index (χ1) is 9.13. The molecule has 19 heavy (non-hydrogen) atoms. The first-order valence-electron chi connectivity index (χ1n) is 6.70. The van der Waals surface area contributed by atoms with Crippen molar-refractivity contribution in [1.82, 2.24) is 5.32 Å². The van der Waals surface area contributed by atoms with Gasteiger partial charge in [-0.05, 0) is 37.0 Å². The molecule has 1 aromatic rings. The highest BCUT2D eigenvalue weighted by Crippen LogP contribution is 2.05. The first-order valence-corrected chi connectivity index (χ1v) is 6.70. The molecule has 3 N–H and O–H groups in total. The minimum absolute atomic E-state index is 0.0415. The predicted molar refractivity (Wildman–Crippen MR) is 78.8 cm³/mol. The van der Waals surface area contributed by atoms with E-state index in [1.807, 2.05) is 12.1 Å². The van der Waals surface area contributed by atoms with Crippen molar-refractivity contribution in [2.45, 2.75) is 26.7 Å². The number of hydrogen-bond acceptors (Lipinski definition) is 2. The van der Waals surface area contributed by atoms with Crippen molar-refractivity contribution in [3.8, 4) is 11.8 Å². The van der Waals surface area contributed by atoms with E-state index in [1.165, 1.54) is 0 Å². The summed E-state index contributed by atoms with van der Waals surface area (Å²) >= 11 is 0. The van der Waals surface area contributed by atoms with Crippen LogP contribution < -0.4 is 11.1 Å². The van der Waals surface area contributed by atoms with Crippen molar-refractivity contribution < 1.29 is 4.79 Å². The molecule has 102 valence electrons. The van der Waals surface area contributed by atoms with Crippen LogP contribution in [0.4, 0.5) is 0 Å². The van der Waals surface area contributed by atoms with E-state index in [9.17, 15) is 4.79 Å². The first kappa shape index (κ1) is 15.3. The van der Waals surface area contributed by atoms with Gasteiger partial charge < -0.3 is 11.1 Å².